The van der Waals surface area contributed by atoms with Crippen molar-refractivity contribution in [3.05, 3.63) is 59.7 Å². The van der Waals surface area contributed by atoms with Gasteiger partial charge in [-0.25, -0.2) is 9.39 Å². The lowest BCUT2D eigenvalue weighted by atomic mass is 10.1. The number of nitrogens with zero attached hydrogens (tertiary/aromatic N) is 2. The first-order chi connectivity index (χ1) is 17.0. The average molecular weight is 504 g/mol. The fourth-order valence-corrected chi connectivity index (χ4v) is 3.87. The molecule has 3 N–H and O–H groups in total. The van der Waals surface area contributed by atoms with E-state index in [0.717, 1.165) is 0 Å². The molecule has 0 aromatic heterocycles. The van der Waals surface area contributed by atoms with E-state index in [1.807, 2.05) is 0 Å². The zero-order chi connectivity index (χ0) is 26.9. The highest BCUT2D eigenvalue weighted by molar-refractivity contribution is 5.72. The van der Waals surface area contributed by atoms with Crippen molar-refractivity contribution in [2.24, 2.45) is 5.92 Å². The van der Waals surface area contributed by atoms with Gasteiger partial charge in [-0.15, -0.1) is 5.01 Å². The number of hydrogen-bond acceptors (Lipinski definition) is 8. The second kappa shape index (κ2) is 12.9. The van der Waals surface area contributed by atoms with Crippen LogP contribution in [0.15, 0.2) is 48.5 Å². The first-order valence-corrected chi connectivity index (χ1v) is 11.7. The van der Waals surface area contributed by atoms with Crippen LogP contribution in [0.1, 0.15) is 38.8 Å². The van der Waals surface area contributed by atoms with E-state index in [-0.39, 0.29) is 48.2 Å². The van der Waals surface area contributed by atoms with E-state index in [1.165, 1.54) is 19.1 Å². The number of ether oxygens (including phenoxy) is 2. The van der Waals surface area contributed by atoms with Crippen LogP contribution in [0.4, 0.5) is 0 Å². The van der Waals surface area contributed by atoms with Crippen LogP contribution in [0.25, 0.3) is 0 Å². The van der Waals surface area contributed by atoms with Gasteiger partial charge in [-0.3, -0.25) is 9.59 Å². The monoisotopic (exact) mass is 503 g/mol. The van der Waals surface area contributed by atoms with Gasteiger partial charge < -0.3 is 24.8 Å². The number of rotatable bonds is 13. The van der Waals surface area contributed by atoms with Gasteiger partial charge in [-0.2, -0.15) is 0 Å². The summed E-state index contributed by atoms with van der Waals surface area (Å²) in [5.41, 5.74) is 0.973. The summed E-state index contributed by atoms with van der Waals surface area (Å²) >= 11 is 0. The topological polar surface area (TPSA) is 134 Å². The number of phenolic OH excluding ortho intramolecular Hbond substituents is 2. The molecule has 0 saturated heterocycles. The Balaban J connectivity index is 2.50. The summed E-state index contributed by atoms with van der Waals surface area (Å²) in [7, 11) is 0. The summed E-state index contributed by atoms with van der Waals surface area (Å²) in [4.78, 5) is 36.5. The van der Waals surface area contributed by atoms with Gasteiger partial charge >= 0.3 is 17.9 Å². The van der Waals surface area contributed by atoms with Gasteiger partial charge in [0.15, 0.2) is 6.54 Å². The van der Waals surface area contributed by atoms with Crippen LogP contribution in [-0.4, -0.2) is 68.8 Å². The Morgan fingerprint density at radius 3 is 1.97 bits per heavy atom. The number of aliphatic carboxylic acids is 1. The summed E-state index contributed by atoms with van der Waals surface area (Å²) in [5, 5.41) is 32.2. The van der Waals surface area contributed by atoms with Gasteiger partial charge in [0.1, 0.15) is 24.6 Å². The second-order valence-electron chi connectivity index (χ2n) is 8.91. The summed E-state index contributed by atoms with van der Waals surface area (Å²) in [6.45, 7) is 6.01. The molecule has 0 heterocycles. The molecule has 2 atom stereocenters. The van der Waals surface area contributed by atoms with Gasteiger partial charge in [0.2, 0.25) is 6.29 Å². The lowest BCUT2D eigenvalue weighted by molar-refractivity contribution is -1.04. The summed E-state index contributed by atoms with van der Waals surface area (Å²) in [6, 6.07) is 13.1. The quantitative estimate of drug-likeness (QED) is 0.163. The smallest absolute Gasteiger partial charge is 0.361 e. The van der Waals surface area contributed by atoms with E-state index in [0.29, 0.717) is 11.1 Å². The van der Waals surface area contributed by atoms with E-state index in [1.54, 1.807) is 62.2 Å². The summed E-state index contributed by atoms with van der Waals surface area (Å²) < 4.78 is 10.3. The summed E-state index contributed by atoms with van der Waals surface area (Å²) in [6.07, 6.45) is -1.11. The summed E-state index contributed by atoms with van der Waals surface area (Å²) in [5.74, 6) is -2.76. The number of likely N-dealkylation sites (N-methyl/N-ethyl adjacent to an activating group) is 1. The van der Waals surface area contributed by atoms with Crippen LogP contribution in [0, 0.1) is 5.92 Å². The molecule has 0 aliphatic carbocycles. The van der Waals surface area contributed by atoms with Crippen LogP contribution >= 0.6 is 0 Å². The van der Waals surface area contributed by atoms with E-state index in [4.69, 9.17) is 9.47 Å². The van der Waals surface area contributed by atoms with E-state index < -0.39 is 30.7 Å². The Bertz CT molecular complexity index is 1060. The highest BCUT2D eigenvalue weighted by Crippen LogP contribution is 2.28. The second-order valence-corrected chi connectivity index (χ2v) is 8.91. The number of benzene rings is 2. The molecule has 10 heteroatoms. The minimum absolute atomic E-state index is 0.00125. The number of quaternary nitrogens is 1. The molecule has 0 fully saturated rings. The number of carboxylic acid groups (broad SMARTS) is 1. The molecule has 0 aliphatic heterocycles. The number of hydrogen-bond donors (Lipinski definition) is 3. The molecule has 196 valence electrons. The minimum atomic E-state index is -1.11. The SMILES string of the molecule is CC[N+](CC(=O)O)(Cc1ccccc1O)N(CC(=O)OC(OC(C)=O)C(C)C)Cc1ccccc1O. The average Bonchev–Trinajstić information content (AvgIpc) is 2.80. The Kier molecular flexibility index (Phi) is 10.2. The normalized spacial score (nSPS) is 13.7. The third-order valence-electron chi connectivity index (χ3n) is 5.80. The van der Waals surface area contributed by atoms with Crippen LogP contribution in [0.5, 0.6) is 11.5 Å². The van der Waals surface area contributed by atoms with Crippen LogP contribution in [-0.2, 0) is 36.9 Å². The number of phenols is 2. The molecule has 0 spiro atoms. The lowest BCUT2D eigenvalue weighted by Crippen LogP contribution is -2.62. The van der Waals surface area contributed by atoms with E-state index >= 15 is 0 Å². The van der Waals surface area contributed by atoms with Crippen molar-refractivity contribution in [3.8, 4) is 11.5 Å². The van der Waals surface area contributed by atoms with E-state index in [2.05, 4.69) is 0 Å². The van der Waals surface area contributed by atoms with Crippen LogP contribution in [0.2, 0.25) is 0 Å². The number of carbonyl (C=O) groups is 3. The molecule has 2 unspecified atom stereocenters. The first-order valence-electron chi connectivity index (χ1n) is 11.7. The molecule has 2 rings (SSSR count). The minimum Gasteiger partial charge on any atom is -0.508 e. The van der Waals surface area contributed by atoms with Crippen molar-refractivity contribution in [3.63, 3.8) is 0 Å². The van der Waals surface area contributed by atoms with Gasteiger partial charge in [0.25, 0.3) is 0 Å². The van der Waals surface area contributed by atoms with Gasteiger partial charge in [0, 0.05) is 24.0 Å². The Hall–Kier alpha value is -3.63. The zero-order valence-corrected chi connectivity index (χ0v) is 21.1. The molecule has 36 heavy (non-hydrogen) atoms. The number of esters is 2. The number of carbonyl (C=O) groups excluding carboxylic acids is 2. The Morgan fingerprint density at radius 1 is 0.944 bits per heavy atom. The molecule has 0 amide bonds. The van der Waals surface area contributed by atoms with Crippen molar-refractivity contribution >= 4 is 17.9 Å². The molecule has 0 bridgehead atoms. The highest BCUT2D eigenvalue weighted by Gasteiger charge is 2.40. The fourth-order valence-electron chi connectivity index (χ4n) is 3.87. The first kappa shape index (κ1) is 28.6. The molecule has 2 aromatic rings. The lowest BCUT2D eigenvalue weighted by Gasteiger charge is -2.44. The maximum atomic E-state index is 13.1. The Morgan fingerprint density at radius 2 is 1.50 bits per heavy atom. The fraction of sp³-hybridized carbons (Fsp3) is 0.423. The van der Waals surface area contributed by atoms with Crippen molar-refractivity contribution in [1.29, 1.82) is 0 Å². The van der Waals surface area contributed by atoms with Crippen molar-refractivity contribution < 1.29 is 43.8 Å². The maximum absolute atomic E-state index is 13.1. The standard InChI is InChI=1S/C26H34N2O8/c1-5-28(17-24(32)33,16-21-11-7-9-13-23(21)31)27(14-20-10-6-8-12-22(20)30)15-25(34)36-26(18(2)3)35-19(4)29/h6-13,18,26H,5,14-17H2,1-4H3,(H2-,30,31,32,33)/p+1. The molecule has 10 nitrogen and oxygen atoms in total. The molecule has 0 aliphatic rings. The van der Waals surface area contributed by atoms with Crippen molar-refractivity contribution in [2.45, 2.75) is 47.1 Å². The largest absolute Gasteiger partial charge is 0.508 e. The zero-order valence-electron chi connectivity index (χ0n) is 21.1. The van der Waals surface area contributed by atoms with E-state index in [9.17, 15) is 29.7 Å². The number of para-hydroxylation sites is 2. The molecule has 0 saturated carbocycles. The number of aromatic hydroxyl groups is 2. The molecule has 2 aromatic carbocycles. The predicted molar refractivity (Wildman–Crippen MR) is 130 cm³/mol. The third-order valence-corrected chi connectivity index (χ3v) is 5.80. The third kappa shape index (κ3) is 7.96. The Labute approximate surface area is 210 Å². The van der Waals surface area contributed by atoms with Crippen LogP contribution < -0.4 is 0 Å². The van der Waals surface area contributed by atoms with Crippen molar-refractivity contribution in [2.75, 3.05) is 19.6 Å². The van der Waals surface area contributed by atoms with Gasteiger partial charge in [-0.1, -0.05) is 44.2 Å². The maximum Gasteiger partial charge on any atom is 0.361 e. The van der Waals surface area contributed by atoms with Crippen LogP contribution in [0.3, 0.4) is 0 Å². The molecular weight excluding hydrogens is 468 g/mol. The predicted octanol–water partition coefficient (Wildman–Crippen LogP) is 3.02. The van der Waals surface area contributed by atoms with Crippen molar-refractivity contribution in [1.82, 2.24) is 5.01 Å². The molecular formula is C26H35N2O8+. The van der Waals surface area contributed by atoms with Gasteiger partial charge in [0.05, 0.1) is 13.1 Å². The number of carboxylic acids is 1. The van der Waals surface area contributed by atoms with Gasteiger partial charge in [-0.05, 0) is 25.1 Å². The highest BCUT2D eigenvalue weighted by atomic mass is 16.7. The molecule has 0 radical (unpaired) electrons.